The van der Waals surface area contributed by atoms with E-state index in [0.29, 0.717) is 12.2 Å². The van der Waals surface area contributed by atoms with Gasteiger partial charge in [0.05, 0.1) is 0 Å². The molecule has 0 spiro atoms. The van der Waals surface area contributed by atoms with Gasteiger partial charge < -0.3 is 5.32 Å². The quantitative estimate of drug-likeness (QED) is 0.688. The molecule has 2 rings (SSSR count). The van der Waals surface area contributed by atoms with Crippen LogP contribution in [-0.4, -0.2) is 10.9 Å². The molecule has 116 valence electrons. The van der Waals surface area contributed by atoms with Crippen LogP contribution in [0.5, 0.6) is 0 Å². The molecule has 3 heteroatoms. The first-order valence-corrected chi connectivity index (χ1v) is 8.50. The van der Waals surface area contributed by atoms with Gasteiger partial charge >= 0.3 is 0 Å². The number of rotatable bonds is 9. The van der Waals surface area contributed by atoms with Gasteiger partial charge in [-0.25, -0.2) is 4.98 Å². The Morgan fingerprint density at radius 2 is 1.76 bits per heavy atom. The van der Waals surface area contributed by atoms with E-state index >= 15 is 0 Å². The van der Waals surface area contributed by atoms with Gasteiger partial charge in [-0.05, 0) is 31.4 Å². The first kappa shape index (κ1) is 16.0. The van der Waals surface area contributed by atoms with Crippen LogP contribution in [0.3, 0.4) is 0 Å². The van der Waals surface area contributed by atoms with Gasteiger partial charge in [0.25, 0.3) is 5.91 Å². The summed E-state index contributed by atoms with van der Waals surface area (Å²) in [6.45, 7) is 4.92. The molecule has 0 radical (unpaired) electrons. The third-order valence-corrected chi connectivity index (χ3v) is 4.35. The monoisotopic (exact) mass is 288 g/mol. The smallest absolute Gasteiger partial charge is 0.270 e. The van der Waals surface area contributed by atoms with Gasteiger partial charge in [0.1, 0.15) is 5.69 Å². The van der Waals surface area contributed by atoms with Crippen LogP contribution >= 0.6 is 0 Å². The number of amides is 1. The molecule has 0 unspecified atom stereocenters. The van der Waals surface area contributed by atoms with E-state index in [1.165, 1.54) is 56.9 Å². The van der Waals surface area contributed by atoms with Crippen LogP contribution in [0, 0.1) is 6.92 Å². The second kappa shape index (κ2) is 8.16. The zero-order valence-corrected chi connectivity index (χ0v) is 13.5. The molecule has 0 bridgehead atoms. The van der Waals surface area contributed by atoms with E-state index in [1.807, 2.05) is 6.92 Å². The van der Waals surface area contributed by atoms with Crippen molar-refractivity contribution in [1.29, 1.82) is 0 Å². The molecule has 1 amide bonds. The highest BCUT2D eigenvalue weighted by Crippen LogP contribution is 2.19. The second-order valence-electron chi connectivity index (χ2n) is 6.15. The molecule has 0 aromatic carbocycles. The van der Waals surface area contributed by atoms with Crippen molar-refractivity contribution >= 4 is 5.91 Å². The van der Waals surface area contributed by atoms with Crippen molar-refractivity contribution in [2.75, 3.05) is 0 Å². The minimum Gasteiger partial charge on any atom is -0.347 e. The topological polar surface area (TPSA) is 42.0 Å². The van der Waals surface area contributed by atoms with Crippen LogP contribution in [0.4, 0.5) is 0 Å². The van der Waals surface area contributed by atoms with Crippen molar-refractivity contribution in [2.24, 2.45) is 0 Å². The fourth-order valence-electron chi connectivity index (χ4n) is 2.99. The largest absolute Gasteiger partial charge is 0.347 e. The normalized spacial score (nSPS) is 13.3. The van der Waals surface area contributed by atoms with E-state index in [0.717, 1.165) is 17.7 Å². The van der Waals surface area contributed by atoms with Gasteiger partial charge in [-0.2, -0.15) is 0 Å². The van der Waals surface area contributed by atoms with Crippen molar-refractivity contribution in [1.82, 2.24) is 10.3 Å². The summed E-state index contributed by atoms with van der Waals surface area (Å²) in [5.41, 5.74) is 4.04. The minimum atomic E-state index is -0.0215. The maximum absolute atomic E-state index is 11.6. The van der Waals surface area contributed by atoms with Crippen LogP contribution < -0.4 is 5.32 Å². The van der Waals surface area contributed by atoms with E-state index in [9.17, 15) is 4.79 Å². The Hall–Kier alpha value is -1.38. The highest BCUT2D eigenvalue weighted by Gasteiger charge is 2.21. The van der Waals surface area contributed by atoms with Crippen molar-refractivity contribution in [2.45, 2.75) is 78.2 Å². The number of fused-ring (bicyclic) bond motifs is 1. The fourth-order valence-corrected chi connectivity index (χ4v) is 2.99. The molecule has 1 aromatic rings. The molecule has 0 fully saturated rings. The van der Waals surface area contributed by atoms with Crippen molar-refractivity contribution in [3.8, 4) is 0 Å². The number of carbonyl (C=O) groups excluding carboxylic acids is 1. The maximum atomic E-state index is 11.6. The molecule has 0 atom stereocenters. The molecule has 0 saturated heterocycles. The summed E-state index contributed by atoms with van der Waals surface area (Å²) >= 11 is 0. The summed E-state index contributed by atoms with van der Waals surface area (Å²) in [6.07, 6.45) is 11.8. The molecule has 21 heavy (non-hydrogen) atoms. The summed E-state index contributed by atoms with van der Waals surface area (Å²) in [6, 6.07) is 2.18. The molecular weight excluding hydrogens is 260 g/mol. The summed E-state index contributed by atoms with van der Waals surface area (Å²) < 4.78 is 0. The first-order valence-electron chi connectivity index (χ1n) is 8.50. The van der Waals surface area contributed by atoms with Crippen LogP contribution in [0.15, 0.2) is 6.07 Å². The third-order valence-electron chi connectivity index (χ3n) is 4.35. The summed E-state index contributed by atoms with van der Waals surface area (Å²) in [7, 11) is 0. The van der Waals surface area contributed by atoms with Crippen molar-refractivity contribution in [3.63, 3.8) is 0 Å². The Kier molecular flexibility index (Phi) is 6.21. The van der Waals surface area contributed by atoms with Crippen LogP contribution in [0.1, 0.15) is 85.6 Å². The molecule has 1 aromatic heterocycles. The third kappa shape index (κ3) is 4.55. The Morgan fingerprint density at radius 3 is 2.48 bits per heavy atom. The van der Waals surface area contributed by atoms with E-state index in [4.69, 9.17) is 0 Å². The van der Waals surface area contributed by atoms with E-state index in [1.54, 1.807) is 0 Å². The summed E-state index contributed by atoms with van der Waals surface area (Å²) in [5, 5.41) is 2.84. The Labute approximate surface area is 128 Å². The lowest BCUT2D eigenvalue weighted by Gasteiger charge is -2.07. The van der Waals surface area contributed by atoms with Gasteiger partial charge in [0.15, 0.2) is 0 Å². The van der Waals surface area contributed by atoms with Gasteiger partial charge in [-0.1, -0.05) is 51.9 Å². The molecule has 1 aliphatic rings. The number of hydrogen-bond acceptors (Lipinski definition) is 2. The second-order valence-corrected chi connectivity index (χ2v) is 6.15. The first-order chi connectivity index (χ1) is 10.2. The fraction of sp³-hybridized carbons (Fsp3) is 0.667. The summed E-state index contributed by atoms with van der Waals surface area (Å²) in [5.74, 6) is -0.0215. The molecular formula is C18H28N2O. The SMILES string of the molecule is CCCCCCCCCCc1cc2c(nc1C)C(=O)NC2. The van der Waals surface area contributed by atoms with E-state index < -0.39 is 0 Å². The number of unbranched alkanes of at least 4 members (excludes halogenated alkanes) is 7. The van der Waals surface area contributed by atoms with Crippen molar-refractivity contribution in [3.05, 3.63) is 28.6 Å². The number of pyridine rings is 1. The number of nitrogens with one attached hydrogen (secondary N) is 1. The zero-order valence-electron chi connectivity index (χ0n) is 13.5. The van der Waals surface area contributed by atoms with Gasteiger partial charge in [-0.15, -0.1) is 0 Å². The highest BCUT2D eigenvalue weighted by atomic mass is 16.2. The highest BCUT2D eigenvalue weighted by molar-refractivity contribution is 5.96. The van der Waals surface area contributed by atoms with Crippen LogP contribution in [-0.2, 0) is 13.0 Å². The Balaban J connectivity index is 1.71. The molecule has 0 saturated carbocycles. The lowest BCUT2D eigenvalue weighted by molar-refractivity contribution is 0.0961. The number of aromatic nitrogens is 1. The maximum Gasteiger partial charge on any atom is 0.270 e. The summed E-state index contributed by atoms with van der Waals surface area (Å²) in [4.78, 5) is 16.0. The number of aryl methyl sites for hydroxylation is 2. The Bertz CT molecular complexity index is 482. The predicted molar refractivity (Wildman–Crippen MR) is 86.5 cm³/mol. The number of hydrogen-bond donors (Lipinski definition) is 1. The molecule has 1 N–H and O–H groups in total. The molecule has 0 aliphatic carbocycles. The average molecular weight is 288 g/mol. The molecule has 2 heterocycles. The Morgan fingerprint density at radius 1 is 1.10 bits per heavy atom. The predicted octanol–water partition coefficient (Wildman–Crippen LogP) is 4.32. The van der Waals surface area contributed by atoms with Gasteiger partial charge in [0, 0.05) is 17.8 Å². The van der Waals surface area contributed by atoms with Gasteiger partial charge in [0.2, 0.25) is 0 Å². The van der Waals surface area contributed by atoms with Crippen LogP contribution in [0.2, 0.25) is 0 Å². The van der Waals surface area contributed by atoms with E-state index in [-0.39, 0.29) is 5.91 Å². The van der Waals surface area contributed by atoms with Gasteiger partial charge in [-0.3, -0.25) is 4.79 Å². The van der Waals surface area contributed by atoms with Crippen molar-refractivity contribution < 1.29 is 4.79 Å². The van der Waals surface area contributed by atoms with Crippen LogP contribution in [0.25, 0.3) is 0 Å². The molecule has 1 aliphatic heterocycles. The average Bonchev–Trinajstić information content (AvgIpc) is 2.83. The standard InChI is InChI=1S/C18H28N2O/c1-3-4-5-6-7-8-9-10-11-15-12-16-13-19-18(21)17(16)20-14(15)2/h12H,3-11,13H2,1-2H3,(H,19,21). The zero-order chi connectivity index (χ0) is 15.1. The number of nitrogens with zero attached hydrogens (tertiary/aromatic N) is 1. The minimum absolute atomic E-state index is 0.0215. The number of carbonyl (C=O) groups is 1. The lowest BCUT2D eigenvalue weighted by atomic mass is 10.0. The van der Waals surface area contributed by atoms with E-state index in [2.05, 4.69) is 23.3 Å². The lowest BCUT2D eigenvalue weighted by Crippen LogP contribution is -2.13. The molecule has 3 nitrogen and oxygen atoms in total.